The molecule has 1 fully saturated rings. The summed E-state index contributed by atoms with van der Waals surface area (Å²) in [5.41, 5.74) is 0.261. The van der Waals surface area contributed by atoms with E-state index in [0.29, 0.717) is 56.5 Å². The molecule has 11 heteroatoms. The van der Waals surface area contributed by atoms with Gasteiger partial charge in [0.1, 0.15) is 0 Å². The predicted molar refractivity (Wildman–Crippen MR) is 97.4 cm³/mol. The van der Waals surface area contributed by atoms with Crippen molar-refractivity contribution >= 4 is 21.2 Å². The summed E-state index contributed by atoms with van der Waals surface area (Å²) in [5.74, 6) is 1.24. The summed E-state index contributed by atoms with van der Waals surface area (Å²) in [5, 5.41) is 14.9. The van der Waals surface area contributed by atoms with Crippen LogP contribution in [0.25, 0.3) is 0 Å². The van der Waals surface area contributed by atoms with Crippen LogP contribution in [0, 0.1) is 10.1 Å². The van der Waals surface area contributed by atoms with Crippen LogP contribution in [-0.2, 0) is 22.8 Å². The monoisotopic (exact) mass is 395 g/mol. The van der Waals surface area contributed by atoms with Crippen molar-refractivity contribution in [3.05, 3.63) is 40.0 Å². The molecule has 27 heavy (non-hydrogen) atoms. The molecule has 146 valence electrons. The van der Waals surface area contributed by atoms with Gasteiger partial charge in [0.05, 0.1) is 22.1 Å². The van der Waals surface area contributed by atoms with Gasteiger partial charge in [0, 0.05) is 51.0 Å². The van der Waals surface area contributed by atoms with Crippen molar-refractivity contribution in [2.24, 2.45) is 0 Å². The summed E-state index contributed by atoms with van der Waals surface area (Å²) in [6, 6.07) is 3.97. The average molecular weight is 395 g/mol. The molecule has 1 aliphatic rings. The van der Waals surface area contributed by atoms with Crippen LogP contribution in [0.5, 0.6) is 0 Å². The quantitative estimate of drug-likeness (QED) is 0.525. The van der Waals surface area contributed by atoms with Crippen molar-refractivity contribution in [1.82, 2.24) is 15.0 Å². The Morgan fingerprint density at radius 3 is 2.52 bits per heavy atom. The summed E-state index contributed by atoms with van der Waals surface area (Å²) >= 11 is 0. The molecule has 0 atom stereocenters. The fourth-order valence-corrected chi connectivity index (χ4v) is 3.93. The Balaban J connectivity index is 1.73. The van der Waals surface area contributed by atoms with Gasteiger partial charge in [-0.15, -0.1) is 0 Å². The molecule has 0 radical (unpaired) electrons. The number of nitrogens with zero attached hydrogens (tertiary/aromatic N) is 5. The second kappa shape index (κ2) is 7.61. The van der Waals surface area contributed by atoms with E-state index in [1.54, 1.807) is 0 Å². The topological polar surface area (TPSA) is 123 Å². The van der Waals surface area contributed by atoms with Gasteiger partial charge in [-0.1, -0.05) is 12.1 Å². The number of anilines is 1. The van der Waals surface area contributed by atoms with Crippen LogP contribution in [-0.4, -0.2) is 60.8 Å². The zero-order valence-electron chi connectivity index (χ0n) is 15.2. The van der Waals surface area contributed by atoms with Gasteiger partial charge in [-0.2, -0.15) is 4.98 Å². The normalized spacial score (nSPS) is 15.9. The second-order valence-electron chi connectivity index (χ2n) is 6.40. The van der Waals surface area contributed by atoms with Crippen LogP contribution in [0.3, 0.4) is 0 Å². The van der Waals surface area contributed by atoms with Gasteiger partial charge in [-0.25, -0.2) is 8.42 Å². The second-order valence-corrected chi connectivity index (χ2v) is 8.39. The molecule has 0 unspecified atom stereocenters. The molecule has 2 aromatic rings. The van der Waals surface area contributed by atoms with Crippen LogP contribution in [0.2, 0.25) is 0 Å². The summed E-state index contributed by atoms with van der Waals surface area (Å²) in [6.07, 6.45) is 1.75. The van der Waals surface area contributed by atoms with Crippen LogP contribution < -0.4 is 4.90 Å². The standard InChI is InChI=1S/C16H21N5O5S/c1-3-16-17-15(18-26-16)11-19-6-8-20(9-7-19)13-5-4-12(21(22)23)10-14(13)27(2,24)25/h4-5,10H,3,6-9,11H2,1-2H3. The Morgan fingerprint density at radius 1 is 1.26 bits per heavy atom. The molecule has 10 nitrogen and oxygen atoms in total. The highest BCUT2D eigenvalue weighted by atomic mass is 32.2. The number of rotatable bonds is 6. The third-order valence-electron chi connectivity index (χ3n) is 4.44. The molecule has 1 saturated heterocycles. The lowest BCUT2D eigenvalue weighted by Crippen LogP contribution is -2.46. The molecule has 0 saturated carbocycles. The Kier molecular flexibility index (Phi) is 5.42. The van der Waals surface area contributed by atoms with E-state index in [0.717, 1.165) is 12.3 Å². The van der Waals surface area contributed by atoms with E-state index in [1.165, 1.54) is 12.1 Å². The highest BCUT2D eigenvalue weighted by molar-refractivity contribution is 7.90. The van der Waals surface area contributed by atoms with Crippen molar-refractivity contribution in [1.29, 1.82) is 0 Å². The van der Waals surface area contributed by atoms with Crippen molar-refractivity contribution < 1.29 is 17.9 Å². The molecule has 1 aromatic heterocycles. The third-order valence-corrected chi connectivity index (χ3v) is 5.57. The van der Waals surface area contributed by atoms with E-state index < -0.39 is 14.8 Å². The fraction of sp³-hybridized carbons (Fsp3) is 0.500. The maximum atomic E-state index is 12.1. The number of benzene rings is 1. The molecule has 1 aliphatic heterocycles. The average Bonchev–Trinajstić information content (AvgIpc) is 3.08. The van der Waals surface area contributed by atoms with Gasteiger partial charge in [0.2, 0.25) is 5.89 Å². The first-order valence-corrected chi connectivity index (χ1v) is 10.4. The van der Waals surface area contributed by atoms with E-state index in [2.05, 4.69) is 15.0 Å². The number of nitro benzene ring substituents is 1. The molecule has 0 amide bonds. The number of hydrogen-bond acceptors (Lipinski definition) is 9. The van der Waals surface area contributed by atoms with E-state index in [-0.39, 0.29) is 10.6 Å². The molecule has 0 spiro atoms. The van der Waals surface area contributed by atoms with Gasteiger partial charge in [0.25, 0.3) is 5.69 Å². The van der Waals surface area contributed by atoms with Crippen LogP contribution in [0.1, 0.15) is 18.6 Å². The largest absolute Gasteiger partial charge is 0.368 e. The van der Waals surface area contributed by atoms with Crippen molar-refractivity contribution in [2.45, 2.75) is 24.8 Å². The fourth-order valence-electron chi connectivity index (χ4n) is 3.02. The number of nitro groups is 1. The molecule has 3 rings (SSSR count). The lowest BCUT2D eigenvalue weighted by molar-refractivity contribution is -0.385. The zero-order chi connectivity index (χ0) is 19.6. The summed E-state index contributed by atoms with van der Waals surface area (Å²) < 4.78 is 29.4. The van der Waals surface area contributed by atoms with E-state index in [4.69, 9.17) is 4.52 Å². The highest BCUT2D eigenvalue weighted by Gasteiger charge is 2.25. The Bertz CT molecular complexity index is 934. The summed E-state index contributed by atoms with van der Waals surface area (Å²) in [4.78, 5) is 18.8. The minimum atomic E-state index is -3.59. The maximum absolute atomic E-state index is 12.1. The first-order valence-electron chi connectivity index (χ1n) is 8.55. The molecule has 0 aliphatic carbocycles. The first-order chi connectivity index (χ1) is 12.8. The lowest BCUT2D eigenvalue weighted by atomic mass is 10.2. The van der Waals surface area contributed by atoms with E-state index in [9.17, 15) is 18.5 Å². The molecule has 0 bridgehead atoms. The predicted octanol–water partition coefficient (Wildman–Crippen LogP) is 1.27. The Labute approximate surface area is 156 Å². The van der Waals surface area contributed by atoms with Gasteiger partial charge in [-0.05, 0) is 6.07 Å². The minimum absolute atomic E-state index is 0.0177. The lowest BCUT2D eigenvalue weighted by Gasteiger charge is -2.36. The smallest absolute Gasteiger partial charge is 0.270 e. The molecule has 2 heterocycles. The van der Waals surface area contributed by atoms with Gasteiger partial charge in [-0.3, -0.25) is 15.0 Å². The van der Waals surface area contributed by atoms with Gasteiger partial charge in [0.15, 0.2) is 15.7 Å². The van der Waals surface area contributed by atoms with Crippen molar-refractivity contribution in [2.75, 3.05) is 37.3 Å². The van der Waals surface area contributed by atoms with Crippen LogP contribution in [0.15, 0.2) is 27.6 Å². The van der Waals surface area contributed by atoms with Crippen molar-refractivity contribution in [3.63, 3.8) is 0 Å². The van der Waals surface area contributed by atoms with Crippen LogP contribution in [0.4, 0.5) is 11.4 Å². The third kappa shape index (κ3) is 4.42. The number of piperazine rings is 1. The number of hydrogen-bond donors (Lipinski definition) is 0. The minimum Gasteiger partial charge on any atom is -0.368 e. The number of aromatic nitrogens is 2. The molecular formula is C16H21N5O5S. The van der Waals surface area contributed by atoms with E-state index in [1.807, 2.05) is 11.8 Å². The SMILES string of the molecule is CCc1nc(CN2CCN(c3ccc([N+](=O)[O-])cc3S(C)(=O)=O)CC2)no1. The molecule has 0 N–H and O–H groups in total. The molecular weight excluding hydrogens is 374 g/mol. The number of non-ortho nitro benzene ring substituents is 1. The van der Waals surface area contributed by atoms with Crippen molar-refractivity contribution in [3.8, 4) is 0 Å². The van der Waals surface area contributed by atoms with E-state index >= 15 is 0 Å². The van der Waals surface area contributed by atoms with Gasteiger partial charge >= 0.3 is 0 Å². The zero-order valence-corrected chi connectivity index (χ0v) is 16.0. The van der Waals surface area contributed by atoms with Crippen LogP contribution >= 0.6 is 0 Å². The Hall–Kier alpha value is -2.53. The number of sulfone groups is 1. The summed E-state index contributed by atoms with van der Waals surface area (Å²) in [6.45, 7) is 5.08. The molecule has 1 aromatic carbocycles. The Morgan fingerprint density at radius 2 is 1.96 bits per heavy atom. The highest BCUT2D eigenvalue weighted by Crippen LogP contribution is 2.30. The van der Waals surface area contributed by atoms with Gasteiger partial charge < -0.3 is 9.42 Å². The number of aryl methyl sites for hydroxylation is 1. The first kappa shape index (κ1) is 19.2. The maximum Gasteiger partial charge on any atom is 0.270 e. The summed E-state index contributed by atoms with van der Waals surface area (Å²) in [7, 11) is -3.59.